The molecule has 130 valence electrons. The van der Waals surface area contributed by atoms with Crippen LogP contribution in [0.4, 0.5) is 10.5 Å². The van der Waals surface area contributed by atoms with E-state index in [0.29, 0.717) is 19.0 Å². The van der Waals surface area contributed by atoms with Crippen molar-refractivity contribution in [3.05, 3.63) is 29.8 Å². The molecule has 1 rings (SSSR count). The minimum absolute atomic E-state index is 0.267. The molecule has 0 aliphatic rings. The average Bonchev–Trinajstić information content (AvgIpc) is 2.49. The Hall–Kier alpha value is -1.71. The van der Waals surface area contributed by atoms with Crippen molar-refractivity contribution in [3.63, 3.8) is 0 Å². The molecule has 1 amide bonds. The van der Waals surface area contributed by atoms with E-state index in [1.54, 1.807) is 4.90 Å². The summed E-state index contributed by atoms with van der Waals surface area (Å²) in [6.45, 7) is 14.2. The minimum Gasteiger partial charge on any atom is -0.444 e. The lowest BCUT2D eigenvalue weighted by atomic mass is 10.1. The average molecular weight is 320 g/mol. The number of hydrogen-bond acceptors (Lipinski definition) is 3. The van der Waals surface area contributed by atoms with Crippen LogP contribution in [-0.4, -0.2) is 29.7 Å². The van der Waals surface area contributed by atoms with Crippen LogP contribution in [0.2, 0.25) is 0 Å². The predicted molar refractivity (Wildman–Crippen MR) is 96.7 cm³/mol. The Balaban J connectivity index is 2.79. The molecule has 0 saturated carbocycles. The van der Waals surface area contributed by atoms with Crippen LogP contribution in [0, 0.1) is 5.92 Å². The number of carbonyl (C=O) groups is 1. The normalized spacial score (nSPS) is 12.6. The zero-order valence-corrected chi connectivity index (χ0v) is 15.5. The maximum Gasteiger partial charge on any atom is 0.410 e. The molecule has 0 aromatic heterocycles. The third-order valence-corrected chi connectivity index (χ3v) is 3.75. The number of amides is 1. The number of nitrogens with one attached hydrogen (secondary N) is 1. The van der Waals surface area contributed by atoms with Crippen LogP contribution in [0.1, 0.15) is 53.5 Å². The van der Waals surface area contributed by atoms with E-state index in [0.717, 1.165) is 24.2 Å². The summed E-state index contributed by atoms with van der Waals surface area (Å²) in [5.74, 6) is 0.621. The number of benzene rings is 1. The Kier molecular flexibility index (Phi) is 7.40. The van der Waals surface area contributed by atoms with Crippen molar-refractivity contribution in [2.45, 2.75) is 60.1 Å². The van der Waals surface area contributed by atoms with Crippen molar-refractivity contribution in [2.75, 3.05) is 18.4 Å². The van der Waals surface area contributed by atoms with Crippen molar-refractivity contribution in [1.82, 2.24) is 4.90 Å². The summed E-state index contributed by atoms with van der Waals surface area (Å²) in [5, 5.41) is 3.50. The molecule has 0 heterocycles. The third kappa shape index (κ3) is 6.93. The molecule has 4 nitrogen and oxygen atoms in total. The first-order valence-electron chi connectivity index (χ1n) is 8.56. The lowest BCUT2D eigenvalue weighted by Crippen LogP contribution is -2.36. The number of para-hydroxylation sites is 1. The van der Waals surface area contributed by atoms with Gasteiger partial charge in [0, 0.05) is 18.8 Å². The largest absolute Gasteiger partial charge is 0.444 e. The number of rotatable bonds is 7. The van der Waals surface area contributed by atoms with Crippen LogP contribution < -0.4 is 5.32 Å². The molecule has 1 aromatic rings. The van der Waals surface area contributed by atoms with Gasteiger partial charge in [0.25, 0.3) is 0 Å². The lowest BCUT2D eigenvalue weighted by Gasteiger charge is -2.27. The summed E-state index contributed by atoms with van der Waals surface area (Å²) in [5.41, 5.74) is 1.73. The smallest absolute Gasteiger partial charge is 0.410 e. The van der Waals surface area contributed by atoms with Crippen molar-refractivity contribution in [3.8, 4) is 0 Å². The Bertz CT molecular complexity index is 494. The summed E-state index contributed by atoms with van der Waals surface area (Å²) in [6, 6.07) is 8.16. The van der Waals surface area contributed by atoms with Gasteiger partial charge in [0.1, 0.15) is 5.60 Å². The van der Waals surface area contributed by atoms with Crippen LogP contribution in [0.25, 0.3) is 0 Å². The van der Waals surface area contributed by atoms with E-state index >= 15 is 0 Å². The van der Waals surface area contributed by atoms with Gasteiger partial charge in [0.2, 0.25) is 0 Å². The molecule has 0 radical (unpaired) electrons. The van der Waals surface area contributed by atoms with Gasteiger partial charge >= 0.3 is 6.09 Å². The van der Waals surface area contributed by atoms with Crippen molar-refractivity contribution < 1.29 is 9.53 Å². The predicted octanol–water partition coefficient (Wildman–Crippen LogP) is 4.90. The second kappa shape index (κ2) is 8.80. The van der Waals surface area contributed by atoms with Crippen molar-refractivity contribution in [1.29, 1.82) is 0 Å². The molecular formula is C19H32N2O2. The van der Waals surface area contributed by atoms with Gasteiger partial charge in [-0.05, 0) is 45.2 Å². The Morgan fingerprint density at radius 3 is 2.48 bits per heavy atom. The van der Waals surface area contributed by atoms with E-state index in [1.165, 1.54) is 0 Å². The molecule has 0 aliphatic heterocycles. The fourth-order valence-electron chi connectivity index (χ4n) is 2.10. The van der Waals surface area contributed by atoms with Crippen molar-refractivity contribution >= 4 is 11.8 Å². The molecule has 0 spiro atoms. The van der Waals surface area contributed by atoms with Crippen LogP contribution in [0.3, 0.4) is 0 Å². The third-order valence-electron chi connectivity index (χ3n) is 3.75. The second-order valence-corrected chi connectivity index (χ2v) is 7.05. The molecule has 0 fully saturated rings. The number of anilines is 1. The molecule has 0 bridgehead atoms. The van der Waals surface area contributed by atoms with Gasteiger partial charge in [0.05, 0.1) is 6.54 Å². The van der Waals surface area contributed by atoms with Crippen LogP contribution in [0.5, 0.6) is 0 Å². The van der Waals surface area contributed by atoms with Gasteiger partial charge in [-0.2, -0.15) is 0 Å². The van der Waals surface area contributed by atoms with Crippen LogP contribution >= 0.6 is 0 Å². The Morgan fingerprint density at radius 1 is 1.26 bits per heavy atom. The fraction of sp³-hybridized carbons (Fsp3) is 0.632. The molecule has 0 aliphatic carbocycles. The van der Waals surface area contributed by atoms with Gasteiger partial charge in [0.15, 0.2) is 0 Å². The topological polar surface area (TPSA) is 41.6 Å². The molecule has 1 unspecified atom stereocenters. The second-order valence-electron chi connectivity index (χ2n) is 7.05. The number of hydrogen-bond donors (Lipinski definition) is 1. The highest BCUT2D eigenvalue weighted by Gasteiger charge is 2.21. The highest BCUT2D eigenvalue weighted by atomic mass is 16.6. The van der Waals surface area contributed by atoms with E-state index in [4.69, 9.17) is 4.74 Å². The SMILES string of the molecule is CCC(C)CNc1ccccc1CN(CC)C(=O)OC(C)(C)C. The highest BCUT2D eigenvalue weighted by molar-refractivity contribution is 5.68. The molecule has 23 heavy (non-hydrogen) atoms. The molecule has 1 aromatic carbocycles. The van der Waals surface area contributed by atoms with E-state index in [2.05, 4.69) is 31.3 Å². The van der Waals surface area contributed by atoms with E-state index < -0.39 is 5.60 Å². The summed E-state index contributed by atoms with van der Waals surface area (Å²) in [4.78, 5) is 14.0. The van der Waals surface area contributed by atoms with Crippen LogP contribution in [0.15, 0.2) is 24.3 Å². The Morgan fingerprint density at radius 2 is 1.91 bits per heavy atom. The maximum absolute atomic E-state index is 12.3. The zero-order chi connectivity index (χ0) is 17.5. The van der Waals surface area contributed by atoms with Gasteiger partial charge < -0.3 is 15.0 Å². The van der Waals surface area contributed by atoms with E-state index in [9.17, 15) is 4.79 Å². The number of nitrogens with zero attached hydrogens (tertiary/aromatic N) is 1. The minimum atomic E-state index is -0.473. The molecule has 1 atom stereocenters. The molecule has 0 saturated heterocycles. The zero-order valence-electron chi connectivity index (χ0n) is 15.5. The number of carbonyl (C=O) groups excluding carboxylic acids is 1. The van der Waals surface area contributed by atoms with Gasteiger partial charge in [-0.3, -0.25) is 0 Å². The summed E-state index contributed by atoms with van der Waals surface area (Å²) in [7, 11) is 0. The molecular weight excluding hydrogens is 288 g/mol. The summed E-state index contributed by atoms with van der Waals surface area (Å²) in [6.07, 6.45) is 0.880. The number of ether oxygens (including phenoxy) is 1. The first-order valence-corrected chi connectivity index (χ1v) is 8.56. The monoisotopic (exact) mass is 320 g/mol. The fourth-order valence-corrected chi connectivity index (χ4v) is 2.10. The quantitative estimate of drug-likeness (QED) is 0.777. The first-order chi connectivity index (χ1) is 10.8. The van der Waals surface area contributed by atoms with Gasteiger partial charge in [-0.15, -0.1) is 0 Å². The lowest BCUT2D eigenvalue weighted by molar-refractivity contribution is 0.0245. The van der Waals surface area contributed by atoms with E-state index in [1.807, 2.05) is 39.8 Å². The molecule has 4 heteroatoms. The van der Waals surface area contributed by atoms with Crippen molar-refractivity contribution in [2.24, 2.45) is 5.92 Å². The molecule has 1 N–H and O–H groups in total. The summed E-state index contributed by atoms with van der Waals surface area (Å²) < 4.78 is 5.49. The van der Waals surface area contributed by atoms with Gasteiger partial charge in [-0.25, -0.2) is 4.79 Å². The van der Waals surface area contributed by atoms with E-state index in [-0.39, 0.29) is 6.09 Å². The van der Waals surface area contributed by atoms with Crippen LogP contribution in [-0.2, 0) is 11.3 Å². The van der Waals surface area contributed by atoms with Gasteiger partial charge in [-0.1, -0.05) is 38.5 Å². The summed E-state index contributed by atoms with van der Waals surface area (Å²) >= 11 is 0. The first kappa shape index (κ1) is 19.3. The standard InChI is InChI=1S/C19H32N2O2/c1-7-15(3)13-20-17-12-10-9-11-16(17)14-21(8-2)18(22)23-19(4,5)6/h9-12,15,20H,7-8,13-14H2,1-6H3. The highest BCUT2D eigenvalue weighted by Crippen LogP contribution is 2.19. The maximum atomic E-state index is 12.3. The Labute approximate surface area is 141 Å².